The SMILES string of the molecule is CC(OP(=O)(N1CC1)N1CC1)c1cc2cc(Oc3cccc(OC(F)(F)F)c3)c([N+](=O)[O-])cc2o1. The molecule has 5 rings (SSSR count). The van der Waals surface area contributed by atoms with Crippen LogP contribution < -0.4 is 9.47 Å². The van der Waals surface area contributed by atoms with Gasteiger partial charge in [0.25, 0.3) is 0 Å². The summed E-state index contributed by atoms with van der Waals surface area (Å²) < 4.78 is 75.4. The molecule has 0 saturated carbocycles. The van der Waals surface area contributed by atoms with Gasteiger partial charge in [0.15, 0.2) is 0 Å². The number of hydrogen-bond donors (Lipinski definition) is 0. The van der Waals surface area contributed by atoms with Gasteiger partial charge in [0.05, 0.1) is 11.0 Å². The summed E-state index contributed by atoms with van der Waals surface area (Å²) >= 11 is 0. The minimum absolute atomic E-state index is 0.0903. The molecule has 0 radical (unpaired) electrons. The van der Waals surface area contributed by atoms with E-state index in [1.165, 1.54) is 18.2 Å². The number of hydrogen-bond acceptors (Lipinski definition) is 7. The lowest BCUT2D eigenvalue weighted by molar-refractivity contribution is -0.385. The van der Waals surface area contributed by atoms with E-state index in [4.69, 9.17) is 13.7 Å². The Balaban J connectivity index is 1.42. The van der Waals surface area contributed by atoms with E-state index < -0.39 is 36.5 Å². The zero-order chi connectivity index (χ0) is 25.0. The number of nitro groups is 1. The molecule has 35 heavy (non-hydrogen) atoms. The number of fused-ring (bicyclic) bond motifs is 1. The number of alkyl halides is 3. The van der Waals surface area contributed by atoms with Gasteiger partial charge in [0.1, 0.15) is 28.9 Å². The van der Waals surface area contributed by atoms with Crippen molar-refractivity contribution in [1.29, 1.82) is 0 Å². The summed E-state index contributed by atoms with van der Waals surface area (Å²) in [7, 11) is -3.12. The molecule has 2 aliphatic heterocycles. The summed E-state index contributed by atoms with van der Waals surface area (Å²) in [5.74, 6) is -0.507. The monoisotopic (exact) mass is 513 g/mol. The molecule has 0 amide bonds. The molecule has 0 bridgehead atoms. The second-order valence-electron chi connectivity index (χ2n) is 8.03. The van der Waals surface area contributed by atoms with Crippen LogP contribution in [-0.2, 0) is 9.09 Å². The van der Waals surface area contributed by atoms with Crippen molar-refractivity contribution in [2.75, 3.05) is 26.2 Å². The first-order valence-corrected chi connectivity index (χ1v) is 12.1. The van der Waals surface area contributed by atoms with E-state index in [2.05, 4.69) is 4.74 Å². The minimum atomic E-state index is -4.90. The highest BCUT2D eigenvalue weighted by Crippen LogP contribution is 2.63. The van der Waals surface area contributed by atoms with E-state index in [-0.39, 0.29) is 17.1 Å². The van der Waals surface area contributed by atoms with Crippen molar-refractivity contribution in [2.24, 2.45) is 0 Å². The molecule has 10 nitrogen and oxygen atoms in total. The first-order valence-electron chi connectivity index (χ1n) is 10.6. The summed E-state index contributed by atoms with van der Waals surface area (Å²) in [5, 5.41) is 12.1. The fourth-order valence-corrected chi connectivity index (χ4v) is 5.86. The largest absolute Gasteiger partial charge is 0.573 e. The fraction of sp³-hybridized carbons (Fsp3) is 0.333. The quantitative estimate of drug-likeness (QED) is 0.151. The highest BCUT2D eigenvalue weighted by molar-refractivity contribution is 7.54. The lowest BCUT2D eigenvalue weighted by atomic mass is 10.2. The molecule has 2 saturated heterocycles. The molecule has 14 heteroatoms. The Hall–Kier alpha value is -3.12. The van der Waals surface area contributed by atoms with Gasteiger partial charge in [0, 0.05) is 37.6 Å². The van der Waals surface area contributed by atoms with Crippen molar-refractivity contribution in [2.45, 2.75) is 19.4 Å². The highest BCUT2D eigenvalue weighted by Gasteiger charge is 2.50. The molecule has 2 fully saturated rings. The number of ether oxygens (including phenoxy) is 2. The first-order chi connectivity index (χ1) is 16.5. The van der Waals surface area contributed by atoms with E-state index >= 15 is 0 Å². The summed E-state index contributed by atoms with van der Waals surface area (Å²) in [6.45, 7) is 4.41. The lowest BCUT2D eigenvalue weighted by Crippen LogP contribution is -2.17. The highest BCUT2D eigenvalue weighted by atomic mass is 31.2. The van der Waals surface area contributed by atoms with Gasteiger partial charge in [-0.25, -0.2) is 9.34 Å². The van der Waals surface area contributed by atoms with Crippen LogP contribution in [0.5, 0.6) is 17.2 Å². The van der Waals surface area contributed by atoms with Gasteiger partial charge in [-0.3, -0.25) is 19.2 Å². The molecular formula is C21H19F3N3O7P. The third-order valence-corrected chi connectivity index (χ3v) is 8.16. The molecule has 0 aliphatic carbocycles. The molecule has 0 spiro atoms. The average Bonchev–Trinajstić information content (AvgIpc) is 3.67. The van der Waals surface area contributed by atoms with Gasteiger partial charge in [-0.05, 0) is 31.2 Å². The van der Waals surface area contributed by atoms with Gasteiger partial charge in [-0.2, -0.15) is 0 Å². The Morgan fingerprint density at radius 1 is 1.09 bits per heavy atom. The van der Waals surface area contributed by atoms with Crippen molar-refractivity contribution in [1.82, 2.24) is 9.34 Å². The van der Waals surface area contributed by atoms with Crippen molar-refractivity contribution in [3.8, 4) is 17.2 Å². The maximum Gasteiger partial charge on any atom is 0.573 e. The molecule has 2 aliphatic rings. The Labute approximate surface area is 196 Å². The van der Waals surface area contributed by atoms with Crippen LogP contribution in [0.4, 0.5) is 18.9 Å². The van der Waals surface area contributed by atoms with E-state index in [0.717, 1.165) is 18.2 Å². The summed E-state index contributed by atoms with van der Waals surface area (Å²) in [6, 6.07) is 8.75. The molecule has 3 heterocycles. The number of halogens is 3. The molecule has 0 N–H and O–H groups in total. The first kappa shape index (κ1) is 23.6. The number of benzene rings is 2. The Morgan fingerprint density at radius 2 is 1.74 bits per heavy atom. The molecule has 186 valence electrons. The number of nitrogens with zero attached hydrogens (tertiary/aromatic N) is 3. The Morgan fingerprint density at radius 3 is 2.34 bits per heavy atom. The maximum absolute atomic E-state index is 13.2. The second-order valence-corrected chi connectivity index (χ2v) is 10.4. The average molecular weight is 513 g/mol. The van der Waals surface area contributed by atoms with Crippen molar-refractivity contribution in [3.05, 3.63) is 58.3 Å². The lowest BCUT2D eigenvalue weighted by Gasteiger charge is -2.22. The second kappa shape index (κ2) is 8.52. The van der Waals surface area contributed by atoms with Gasteiger partial charge in [-0.1, -0.05) is 6.07 Å². The summed E-state index contributed by atoms with van der Waals surface area (Å²) in [6.07, 6.45) is -5.60. The van der Waals surface area contributed by atoms with E-state index in [9.17, 15) is 27.9 Å². The normalized spacial score (nSPS) is 17.4. The van der Waals surface area contributed by atoms with Crippen LogP contribution in [0.15, 0.2) is 46.9 Å². The van der Waals surface area contributed by atoms with Crippen molar-refractivity contribution >= 4 is 24.3 Å². The number of rotatable bonds is 9. The van der Waals surface area contributed by atoms with Crippen LogP contribution in [0, 0.1) is 10.1 Å². The molecule has 1 atom stereocenters. The number of nitro benzene ring substituents is 1. The third-order valence-electron chi connectivity index (χ3n) is 5.34. The van der Waals surface area contributed by atoms with Crippen molar-refractivity contribution in [3.63, 3.8) is 0 Å². The van der Waals surface area contributed by atoms with Gasteiger partial charge in [-0.15, -0.1) is 13.2 Å². The van der Waals surface area contributed by atoms with Crippen molar-refractivity contribution < 1.29 is 41.1 Å². The Bertz CT molecular complexity index is 1320. The zero-order valence-corrected chi connectivity index (χ0v) is 19.1. The molecule has 1 unspecified atom stereocenters. The van der Waals surface area contributed by atoms with Crippen LogP contribution in [0.25, 0.3) is 11.0 Å². The molecular weight excluding hydrogens is 494 g/mol. The zero-order valence-electron chi connectivity index (χ0n) is 18.2. The maximum atomic E-state index is 13.2. The standard InChI is InChI=1S/C21H19F3N3O7P/c1-13(34-35(30,25-5-6-25)26-7-8-26)18-9-14-10-20(17(27(28)29)12-19(14)32-18)31-15-3-2-4-16(11-15)33-21(22,23)24/h2-4,9-13H,5-8H2,1H3. The molecule has 3 aromatic rings. The molecule has 1 aromatic heterocycles. The molecule has 2 aromatic carbocycles. The third kappa shape index (κ3) is 5.13. The van der Waals surface area contributed by atoms with Crippen LogP contribution in [0.1, 0.15) is 18.8 Å². The minimum Gasteiger partial charge on any atom is -0.458 e. The van der Waals surface area contributed by atoms with Gasteiger partial charge < -0.3 is 13.9 Å². The number of furan rings is 1. The van der Waals surface area contributed by atoms with E-state index in [1.54, 1.807) is 22.3 Å². The Kier molecular flexibility index (Phi) is 5.75. The van der Waals surface area contributed by atoms with E-state index in [1.807, 2.05) is 0 Å². The van der Waals surface area contributed by atoms with Crippen LogP contribution in [-0.4, -0.2) is 46.8 Å². The summed E-state index contributed by atoms with van der Waals surface area (Å²) in [4.78, 5) is 10.9. The van der Waals surface area contributed by atoms with Gasteiger partial charge in [0.2, 0.25) is 5.75 Å². The van der Waals surface area contributed by atoms with E-state index in [0.29, 0.717) is 37.3 Å². The van der Waals surface area contributed by atoms with Crippen LogP contribution >= 0.6 is 7.67 Å². The summed E-state index contributed by atoms with van der Waals surface area (Å²) in [5.41, 5.74) is -0.273. The fourth-order valence-electron chi connectivity index (χ4n) is 3.53. The van der Waals surface area contributed by atoms with Crippen LogP contribution in [0.2, 0.25) is 0 Å². The van der Waals surface area contributed by atoms with Gasteiger partial charge >= 0.3 is 19.7 Å². The topological polar surface area (TPSA) is 107 Å². The predicted molar refractivity (Wildman–Crippen MR) is 116 cm³/mol. The van der Waals surface area contributed by atoms with Crippen LogP contribution in [0.3, 0.4) is 0 Å². The smallest absolute Gasteiger partial charge is 0.458 e. The predicted octanol–water partition coefficient (Wildman–Crippen LogP) is 5.85.